The van der Waals surface area contributed by atoms with E-state index in [4.69, 9.17) is 0 Å². The zero-order valence-electron chi connectivity index (χ0n) is 11.8. The van der Waals surface area contributed by atoms with E-state index in [2.05, 4.69) is 70.2 Å². The summed E-state index contributed by atoms with van der Waals surface area (Å²) in [5.74, 6) is 0.589. The van der Waals surface area contributed by atoms with E-state index in [1.165, 1.54) is 27.8 Å². The molecular formula is C18H22. The predicted molar refractivity (Wildman–Crippen MR) is 79.3 cm³/mol. The first-order valence-electron chi connectivity index (χ1n) is 6.72. The summed E-state index contributed by atoms with van der Waals surface area (Å²) in [6.07, 6.45) is 1.04. The van der Waals surface area contributed by atoms with Crippen LogP contribution in [0.2, 0.25) is 0 Å². The standard InChI is InChI=1S/C18H22/c1-13(2)18-11-6-5-9-17(18)12-16-10-7-8-14(3)15(16)4/h5-11,13H,12H2,1-4H3. The third-order valence-corrected chi connectivity index (χ3v) is 3.77. The molecule has 0 nitrogen and oxygen atoms in total. The molecule has 0 aliphatic carbocycles. The lowest BCUT2D eigenvalue weighted by molar-refractivity contribution is 0.847. The maximum Gasteiger partial charge on any atom is -0.00202 e. The van der Waals surface area contributed by atoms with Gasteiger partial charge in [0.05, 0.1) is 0 Å². The Balaban J connectivity index is 2.37. The molecular weight excluding hydrogens is 216 g/mol. The summed E-state index contributed by atoms with van der Waals surface area (Å²) in [5, 5.41) is 0. The molecule has 2 rings (SSSR count). The van der Waals surface area contributed by atoms with Crippen molar-refractivity contribution in [2.75, 3.05) is 0 Å². The fraction of sp³-hybridized carbons (Fsp3) is 0.333. The summed E-state index contributed by atoms with van der Waals surface area (Å²) in [6.45, 7) is 8.94. The van der Waals surface area contributed by atoms with Gasteiger partial charge in [-0.05, 0) is 54.0 Å². The van der Waals surface area contributed by atoms with E-state index in [-0.39, 0.29) is 0 Å². The van der Waals surface area contributed by atoms with Crippen LogP contribution < -0.4 is 0 Å². The molecule has 0 bridgehead atoms. The summed E-state index contributed by atoms with van der Waals surface area (Å²) in [6, 6.07) is 15.4. The van der Waals surface area contributed by atoms with Crippen LogP contribution in [0.5, 0.6) is 0 Å². The second-order valence-electron chi connectivity index (χ2n) is 5.39. The van der Waals surface area contributed by atoms with Crippen molar-refractivity contribution in [3.05, 3.63) is 70.3 Å². The molecule has 18 heavy (non-hydrogen) atoms. The second-order valence-corrected chi connectivity index (χ2v) is 5.39. The molecule has 0 aromatic heterocycles. The molecule has 0 fully saturated rings. The molecule has 2 aromatic carbocycles. The molecule has 0 aliphatic rings. The van der Waals surface area contributed by atoms with E-state index < -0.39 is 0 Å². The molecule has 0 radical (unpaired) electrons. The Kier molecular flexibility index (Phi) is 3.86. The quantitative estimate of drug-likeness (QED) is 0.704. The number of hydrogen-bond donors (Lipinski definition) is 0. The highest BCUT2D eigenvalue weighted by Gasteiger charge is 2.08. The molecule has 0 aliphatic heterocycles. The van der Waals surface area contributed by atoms with Crippen LogP contribution >= 0.6 is 0 Å². The second kappa shape index (κ2) is 5.39. The highest BCUT2D eigenvalue weighted by Crippen LogP contribution is 2.23. The van der Waals surface area contributed by atoms with Crippen LogP contribution in [0.25, 0.3) is 0 Å². The zero-order chi connectivity index (χ0) is 13.1. The highest BCUT2D eigenvalue weighted by atomic mass is 14.1. The van der Waals surface area contributed by atoms with E-state index >= 15 is 0 Å². The van der Waals surface area contributed by atoms with Crippen molar-refractivity contribution < 1.29 is 0 Å². The summed E-state index contributed by atoms with van der Waals surface area (Å²) >= 11 is 0. The fourth-order valence-corrected chi connectivity index (χ4v) is 2.47. The van der Waals surface area contributed by atoms with E-state index in [1.807, 2.05) is 0 Å². The van der Waals surface area contributed by atoms with Crippen molar-refractivity contribution in [3.63, 3.8) is 0 Å². The summed E-state index contributed by atoms with van der Waals surface area (Å²) in [4.78, 5) is 0. The Morgan fingerprint density at radius 2 is 1.50 bits per heavy atom. The molecule has 0 heterocycles. The number of hydrogen-bond acceptors (Lipinski definition) is 0. The van der Waals surface area contributed by atoms with E-state index in [0.717, 1.165) is 6.42 Å². The van der Waals surface area contributed by atoms with Gasteiger partial charge in [0.1, 0.15) is 0 Å². The first kappa shape index (κ1) is 12.9. The summed E-state index contributed by atoms with van der Waals surface area (Å²) in [7, 11) is 0. The van der Waals surface area contributed by atoms with Crippen molar-refractivity contribution in [3.8, 4) is 0 Å². The lowest BCUT2D eigenvalue weighted by Crippen LogP contribution is -1.99. The first-order valence-corrected chi connectivity index (χ1v) is 6.72. The van der Waals surface area contributed by atoms with Gasteiger partial charge in [-0.3, -0.25) is 0 Å². The van der Waals surface area contributed by atoms with Crippen LogP contribution in [-0.4, -0.2) is 0 Å². The highest BCUT2D eigenvalue weighted by molar-refractivity contribution is 5.40. The summed E-state index contributed by atoms with van der Waals surface area (Å²) < 4.78 is 0. The summed E-state index contributed by atoms with van der Waals surface area (Å²) in [5.41, 5.74) is 7.19. The number of benzene rings is 2. The minimum Gasteiger partial charge on any atom is -0.0620 e. The molecule has 0 amide bonds. The topological polar surface area (TPSA) is 0 Å². The van der Waals surface area contributed by atoms with Crippen LogP contribution in [-0.2, 0) is 6.42 Å². The SMILES string of the molecule is Cc1cccc(Cc2ccccc2C(C)C)c1C. The Morgan fingerprint density at radius 3 is 2.22 bits per heavy atom. The minimum absolute atomic E-state index is 0.589. The molecule has 0 N–H and O–H groups in total. The Hall–Kier alpha value is -1.56. The molecule has 0 saturated carbocycles. The lowest BCUT2D eigenvalue weighted by atomic mass is 9.91. The number of aryl methyl sites for hydroxylation is 1. The van der Waals surface area contributed by atoms with Crippen LogP contribution in [0, 0.1) is 13.8 Å². The maximum absolute atomic E-state index is 2.27. The van der Waals surface area contributed by atoms with Crippen LogP contribution in [0.3, 0.4) is 0 Å². The Bertz CT molecular complexity index is 535. The predicted octanol–water partition coefficient (Wildman–Crippen LogP) is 5.02. The van der Waals surface area contributed by atoms with Gasteiger partial charge < -0.3 is 0 Å². The third kappa shape index (κ3) is 2.64. The minimum atomic E-state index is 0.589. The molecule has 0 atom stereocenters. The van der Waals surface area contributed by atoms with Gasteiger partial charge in [0.15, 0.2) is 0 Å². The Morgan fingerprint density at radius 1 is 0.833 bits per heavy atom. The maximum atomic E-state index is 2.27. The van der Waals surface area contributed by atoms with Crippen LogP contribution in [0.1, 0.15) is 47.6 Å². The molecule has 94 valence electrons. The van der Waals surface area contributed by atoms with Crippen LogP contribution in [0.4, 0.5) is 0 Å². The third-order valence-electron chi connectivity index (χ3n) is 3.77. The van der Waals surface area contributed by atoms with Crippen molar-refractivity contribution in [1.82, 2.24) is 0 Å². The zero-order valence-corrected chi connectivity index (χ0v) is 11.8. The lowest BCUT2D eigenvalue weighted by Gasteiger charge is -2.14. The van der Waals surface area contributed by atoms with Crippen LogP contribution in [0.15, 0.2) is 42.5 Å². The van der Waals surface area contributed by atoms with Gasteiger partial charge >= 0.3 is 0 Å². The van der Waals surface area contributed by atoms with E-state index in [9.17, 15) is 0 Å². The Labute approximate surface area is 111 Å². The van der Waals surface area contributed by atoms with Crippen molar-refractivity contribution >= 4 is 0 Å². The molecule has 0 heteroatoms. The molecule has 0 unspecified atom stereocenters. The molecule has 0 spiro atoms. The molecule has 0 saturated heterocycles. The smallest absolute Gasteiger partial charge is 0.00202 e. The van der Waals surface area contributed by atoms with Crippen molar-refractivity contribution in [1.29, 1.82) is 0 Å². The van der Waals surface area contributed by atoms with Gasteiger partial charge in [0.25, 0.3) is 0 Å². The normalized spacial score (nSPS) is 10.9. The molecule has 2 aromatic rings. The van der Waals surface area contributed by atoms with Gasteiger partial charge in [0.2, 0.25) is 0 Å². The first-order chi connectivity index (χ1) is 8.59. The average Bonchev–Trinajstić information content (AvgIpc) is 2.35. The van der Waals surface area contributed by atoms with Gasteiger partial charge in [-0.25, -0.2) is 0 Å². The van der Waals surface area contributed by atoms with Crippen molar-refractivity contribution in [2.45, 2.75) is 40.0 Å². The van der Waals surface area contributed by atoms with Crippen molar-refractivity contribution in [2.24, 2.45) is 0 Å². The van der Waals surface area contributed by atoms with Gasteiger partial charge in [0, 0.05) is 0 Å². The largest absolute Gasteiger partial charge is 0.0620 e. The van der Waals surface area contributed by atoms with E-state index in [1.54, 1.807) is 0 Å². The monoisotopic (exact) mass is 238 g/mol. The van der Waals surface area contributed by atoms with Gasteiger partial charge in [-0.2, -0.15) is 0 Å². The number of rotatable bonds is 3. The fourth-order valence-electron chi connectivity index (χ4n) is 2.47. The van der Waals surface area contributed by atoms with Gasteiger partial charge in [-0.1, -0.05) is 56.3 Å². The average molecular weight is 238 g/mol. The van der Waals surface area contributed by atoms with Gasteiger partial charge in [-0.15, -0.1) is 0 Å². The van der Waals surface area contributed by atoms with E-state index in [0.29, 0.717) is 5.92 Å².